The zero-order valence-corrected chi connectivity index (χ0v) is 15.2. The topological polar surface area (TPSA) is 44.8 Å². The van der Waals surface area contributed by atoms with Crippen LogP contribution in [0, 0.1) is 0 Å². The Hall–Kier alpha value is -2.14. The lowest BCUT2D eigenvalue weighted by molar-refractivity contribution is -0.145. The van der Waals surface area contributed by atoms with E-state index in [-0.39, 0.29) is 5.97 Å². The standard InChI is InChI=1S/C19H22O4S/c1-5-23-18(20)19(24-4,14-9-7-6-8-10-14)15-11-12-16(21-2)17(13-15)22-3/h6-13H,5H2,1-4H3. The average Bonchev–Trinajstić information content (AvgIpc) is 2.63. The molecule has 0 aromatic heterocycles. The molecule has 0 heterocycles. The molecule has 1 atom stereocenters. The summed E-state index contributed by atoms with van der Waals surface area (Å²) in [6.45, 7) is 2.13. The van der Waals surface area contributed by atoms with Gasteiger partial charge in [-0.05, 0) is 36.4 Å². The molecule has 5 heteroatoms. The third-order valence-electron chi connectivity index (χ3n) is 3.84. The first-order chi connectivity index (χ1) is 11.6. The van der Waals surface area contributed by atoms with Gasteiger partial charge in [0, 0.05) is 0 Å². The molecule has 0 aliphatic carbocycles. The molecule has 24 heavy (non-hydrogen) atoms. The number of rotatable bonds is 7. The van der Waals surface area contributed by atoms with Crippen molar-refractivity contribution in [2.24, 2.45) is 0 Å². The predicted octanol–water partition coefficient (Wildman–Crippen LogP) is 3.87. The molecule has 0 spiro atoms. The SMILES string of the molecule is CCOC(=O)C(SC)(c1ccccc1)c1ccc(OC)c(OC)c1. The van der Waals surface area contributed by atoms with Crippen LogP contribution in [-0.2, 0) is 14.3 Å². The van der Waals surface area contributed by atoms with Crippen molar-refractivity contribution in [3.63, 3.8) is 0 Å². The molecule has 4 nitrogen and oxygen atoms in total. The zero-order valence-electron chi connectivity index (χ0n) is 14.4. The van der Waals surface area contributed by atoms with Crippen LogP contribution in [0.1, 0.15) is 18.1 Å². The Bertz CT molecular complexity index is 687. The lowest BCUT2D eigenvalue weighted by Gasteiger charge is -2.31. The van der Waals surface area contributed by atoms with Gasteiger partial charge in [-0.3, -0.25) is 0 Å². The maximum Gasteiger partial charge on any atom is 0.331 e. The molecule has 0 saturated carbocycles. The summed E-state index contributed by atoms with van der Waals surface area (Å²) in [5.74, 6) is 0.901. The van der Waals surface area contributed by atoms with Crippen LogP contribution in [0.5, 0.6) is 11.5 Å². The first-order valence-corrected chi connectivity index (χ1v) is 8.86. The van der Waals surface area contributed by atoms with Crippen molar-refractivity contribution in [1.82, 2.24) is 0 Å². The summed E-state index contributed by atoms with van der Waals surface area (Å²) in [6.07, 6.45) is 1.90. The fourth-order valence-electron chi connectivity index (χ4n) is 2.68. The maximum absolute atomic E-state index is 12.9. The lowest BCUT2D eigenvalue weighted by Crippen LogP contribution is -2.35. The number of carbonyl (C=O) groups is 1. The molecule has 1 unspecified atom stereocenters. The van der Waals surface area contributed by atoms with E-state index in [4.69, 9.17) is 14.2 Å². The molecule has 0 aliphatic heterocycles. The van der Waals surface area contributed by atoms with E-state index >= 15 is 0 Å². The number of methoxy groups -OCH3 is 2. The van der Waals surface area contributed by atoms with E-state index in [0.29, 0.717) is 18.1 Å². The number of carbonyl (C=O) groups excluding carboxylic acids is 1. The van der Waals surface area contributed by atoms with Crippen LogP contribution in [0.4, 0.5) is 0 Å². The second-order valence-corrected chi connectivity index (χ2v) is 6.06. The van der Waals surface area contributed by atoms with Gasteiger partial charge in [-0.2, -0.15) is 0 Å². The van der Waals surface area contributed by atoms with Gasteiger partial charge < -0.3 is 14.2 Å². The molecule has 0 radical (unpaired) electrons. The van der Waals surface area contributed by atoms with Gasteiger partial charge >= 0.3 is 5.97 Å². The third kappa shape index (κ3) is 3.22. The number of hydrogen-bond donors (Lipinski definition) is 0. The highest BCUT2D eigenvalue weighted by Crippen LogP contribution is 2.45. The highest BCUT2D eigenvalue weighted by Gasteiger charge is 2.43. The van der Waals surface area contributed by atoms with Crippen molar-refractivity contribution in [3.8, 4) is 11.5 Å². The molecule has 2 rings (SSSR count). The largest absolute Gasteiger partial charge is 0.493 e. The van der Waals surface area contributed by atoms with Crippen LogP contribution >= 0.6 is 11.8 Å². The van der Waals surface area contributed by atoms with Gasteiger partial charge in [-0.15, -0.1) is 11.8 Å². The first-order valence-electron chi connectivity index (χ1n) is 7.64. The zero-order chi connectivity index (χ0) is 17.6. The summed E-state index contributed by atoms with van der Waals surface area (Å²) < 4.78 is 15.2. The van der Waals surface area contributed by atoms with Gasteiger partial charge in [0.1, 0.15) is 0 Å². The summed E-state index contributed by atoms with van der Waals surface area (Å²) in [7, 11) is 3.16. The van der Waals surface area contributed by atoms with Crippen molar-refractivity contribution in [2.75, 3.05) is 27.1 Å². The fourth-order valence-corrected chi connectivity index (χ4v) is 3.64. The Morgan fingerprint density at radius 3 is 2.21 bits per heavy atom. The van der Waals surface area contributed by atoms with Crippen molar-refractivity contribution < 1.29 is 19.0 Å². The lowest BCUT2D eigenvalue weighted by atomic mass is 9.90. The molecule has 0 amide bonds. The van der Waals surface area contributed by atoms with Crippen LogP contribution in [0.2, 0.25) is 0 Å². The van der Waals surface area contributed by atoms with Crippen LogP contribution < -0.4 is 9.47 Å². The molecule has 2 aromatic carbocycles. The highest BCUT2D eigenvalue weighted by molar-refractivity contribution is 8.00. The van der Waals surface area contributed by atoms with Gasteiger partial charge in [0.25, 0.3) is 0 Å². The predicted molar refractivity (Wildman–Crippen MR) is 96.9 cm³/mol. The Balaban J connectivity index is 2.68. The molecule has 0 aliphatic rings. The Kier molecular flexibility index (Phi) is 6.15. The number of hydrogen-bond acceptors (Lipinski definition) is 5. The number of thioether (sulfide) groups is 1. The third-order valence-corrected chi connectivity index (χ3v) is 5.09. The molecule has 0 N–H and O–H groups in total. The maximum atomic E-state index is 12.9. The molecule has 0 bridgehead atoms. The summed E-state index contributed by atoms with van der Waals surface area (Å²) >= 11 is 1.43. The van der Waals surface area contributed by atoms with Crippen LogP contribution in [-0.4, -0.2) is 33.1 Å². The van der Waals surface area contributed by atoms with Gasteiger partial charge in [-0.25, -0.2) is 4.79 Å². The van der Waals surface area contributed by atoms with Crippen molar-refractivity contribution in [1.29, 1.82) is 0 Å². The second kappa shape index (κ2) is 8.11. The molecule has 0 saturated heterocycles. The highest BCUT2D eigenvalue weighted by atomic mass is 32.2. The van der Waals surface area contributed by atoms with Gasteiger partial charge in [0.15, 0.2) is 16.2 Å². The van der Waals surface area contributed by atoms with E-state index in [0.717, 1.165) is 11.1 Å². The van der Waals surface area contributed by atoms with Crippen LogP contribution in [0.25, 0.3) is 0 Å². The summed E-state index contributed by atoms with van der Waals surface area (Å²) in [6, 6.07) is 15.1. The minimum atomic E-state index is -0.961. The van der Waals surface area contributed by atoms with Crippen molar-refractivity contribution in [2.45, 2.75) is 11.7 Å². The normalized spacial score (nSPS) is 13.0. The van der Waals surface area contributed by atoms with E-state index < -0.39 is 4.75 Å². The van der Waals surface area contributed by atoms with Crippen LogP contribution in [0.15, 0.2) is 48.5 Å². The molecule has 2 aromatic rings. The van der Waals surface area contributed by atoms with Gasteiger partial charge in [0.2, 0.25) is 0 Å². The molecule has 128 valence electrons. The molecule has 0 fully saturated rings. The average molecular weight is 346 g/mol. The Labute approximate surface area is 147 Å². The number of ether oxygens (including phenoxy) is 3. The van der Waals surface area contributed by atoms with E-state index in [1.165, 1.54) is 11.8 Å². The number of benzene rings is 2. The minimum absolute atomic E-state index is 0.295. The monoisotopic (exact) mass is 346 g/mol. The quantitative estimate of drug-likeness (QED) is 0.712. The molecular formula is C19H22O4S. The summed E-state index contributed by atoms with van der Waals surface area (Å²) in [4.78, 5) is 12.9. The van der Waals surface area contributed by atoms with Crippen molar-refractivity contribution >= 4 is 17.7 Å². The minimum Gasteiger partial charge on any atom is -0.493 e. The van der Waals surface area contributed by atoms with Crippen LogP contribution in [0.3, 0.4) is 0 Å². The van der Waals surface area contributed by atoms with E-state index in [2.05, 4.69) is 0 Å². The van der Waals surface area contributed by atoms with E-state index in [9.17, 15) is 4.79 Å². The van der Waals surface area contributed by atoms with E-state index in [1.807, 2.05) is 55.6 Å². The van der Waals surface area contributed by atoms with Gasteiger partial charge in [0.05, 0.1) is 20.8 Å². The van der Waals surface area contributed by atoms with Gasteiger partial charge in [-0.1, -0.05) is 36.4 Å². The number of esters is 1. The second-order valence-electron chi connectivity index (χ2n) is 5.04. The fraction of sp³-hybridized carbons (Fsp3) is 0.316. The Morgan fingerprint density at radius 2 is 1.67 bits per heavy atom. The summed E-state index contributed by atoms with van der Waals surface area (Å²) in [5, 5.41) is 0. The first kappa shape index (κ1) is 18.2. The smallest absolute Gasteiger partial charge is 0.331 e. The summed E-state index contributed by atoms with van der Waals surface area (Å²) in [5.41, 5.74) is 1.65. The Morgan fingerprint density at radius 1 is 1.00 bits per heavy atom. The van der Waals surface area contributed by atoms with E-state index in [1.54, 1.807) is 20.3 Å². The molecular weight excluding hydrogens is 324 g/mol. The van der Waals surface area contributed by atoms with Crippen molar-refractivity contribution in [3.05, 3.63) is 59.7 Å².